The van der Waals surface area contributed by atoms with Gasteiger partial charge in [-0.2, -0.15) is 0 Å². The number of thiophene rings is 1. The first kappa shape index (κ1) is 15.8. The Labute approximate surface area is 142 Å². The number of nitrogens with zero attached hydrogens (tertiary/aromatic N) is 1. The van der Waals surface area contributed by atoms with Crippen molar-refractivity contribution < 1.29 is 4.79 Å². The summed E-state index contributed by atoms with van der Waals surface area (Å²) < 4.78 is 2.34. The highest BCUT2D eigenvalue weighted by Crippen LogP contribution is 2.23. The molecule has 6 heteroatoms. The van der Waals surface area contributed by atoms with Gasteiger partial charge in [-0.1, -0.05) is 17.7 Å². The molecule has 0 atom stereocenters. The summed E-state index contributed by atoms with van der Waals surface area (Å²) in [6, 6.07) is 9.12. The van der Waals surface area contributed by atoms with Gasteiger partial charge in [0.15, 0.2) is 0 Å². The normalized spacial score (nSPS) is 10.9. The summed E-state index contributed by atoms with van der Waals surface area (Å²) in [5, 5.41) is 3.87. The number of carbonyl (C=O) groups is 1. The minimum absolute atomic E-state index is 0.0477. The van der Waals surface area contributed by atoms with Gasteiger partial charge in [-0.15, -0.1) is 11.3 Å². The van der Waals surface area contributed by atoms with Crippen LogP contribution in [0.5, 0.6) is 0 Å². The summed E-state index contributed by atoms with van der Waals surface area (Å²) in [6.45, 7) is 3.84. The first-order valence-corrected chi connectivity index (χ1v) is 8.29. The second kappa shape index (κ2) is 6.18. The van der Waals surface area contributed by atoms with E-state index in [0.29, 0.717) is 16.1 Å². The fourth-order valence-electron chi connectivity index (χ4n) is 2.39. The molecule has 0 spiro atoms. The van der Waals surface area contributed by atoms with Crippen LogP contribution >= 0.6 is 22.9 Å². The molecule has 0 fully saturated rings. The highest BCUT2D eigenvalue weighted by atomic mass is 35.5. The molecule has 2 aromatic heterocycles. The Morgan fingerprint density at radius 2 is 2.04 bits per heavy atom. The standard InChI is InChI=1S/C17H15ClN2O2S/c1-10-3-4-14(13(18)7-10)19-16(21)9-20-6-5-15-12(17(20)22)8-11(2)23-15/h3-8H,9H2,1-2H3,(H,19,21). The van der Waals surface area contributed by atoms with Crippen LogP contribution in [0.2, 0.25) is 5.02 Å². The number of halogens is 1. The van der Waals surface area contributed by atoms with Crippen molar-refractivity contribution in [2.75, 3.05) is 5.32 Å². The Hall–Kier alpha value is -2.11. The van der Waals surface area contributed by atoms with Crippen LogP contribution in [0.15, 0.2) is 41.3 Å². The molecule has 0 saturated carbocycles. The van der Waals surface area contributed by atoms with Crippen LogP contribution in [0.3, 0.4) is 0 Å². The fraction of sp³-hybridized carbons (Fsp3) is 0.176. The van der Waals surface area contributed by atoms with Crippen LogP contribution in [0.4, 0.5) is 5.69 Å². The Bertz CT molecular complexity index is 959. The molecule has 1 aromatic carbocycles. The number of hydrogen-bond acceptors (Lipinski definition) is 3. The lowest BCUT2D eigenvalue weighted by atomic mass is 10.2. The molecule has 1 N–H and O–H groups in total. The van der Waals surface area contributed by atoms with E-state index < -0.39 is 0 Å². The molecule has 0 bridgehead atoms. The predicted molar refractivity (Wildman–Crippen MR) is 95.6 cm³/mol. The highest BCUT2D eigenvalue weighted by molar-refractivity contribution is 7.18. The van der Waals surface area contributed by atoms with E-state index >= 15 is 0 Å². The number of hydrogen-bond donors (Lipinski definition) is 1. The molecule has 23 heavy (non-hydrogen) atoms. The average molecular weight is 347 g/mol. The highest BCUT2D eigenvalue weighted by Gasteiger charge is 2.10. The predicted octanol–water partition coefficient (Wildman–Crippen LogP) is 3.97. The summed E-state index contributed by atoms with van der Waals surface area (Å²) >= 11 is 7.68. The van der Waals surface area contributed by atoms with E-state index in [0.717, 1.165) is 15.1 Å². The maximum Gasteiger partial charge on any atom is 0.259 e. The largest absolute Gasteiger partial charge is 0.323 e. The van der Waals surface area contributed by atoms with Crippen molar-refractivity contribution in [3.8, 4) is 0 Å². The average Bonchev–Trinajstić information content (AvgIpc) is 2.87. The third-order valence-electron chi connectivity index (χ3n) is 3.49. The van der Waals surface area contributed by atoms with Crippen LogP contribution in [0, 0.1) is 13.8 Å². The molecule has 3 aromatic rings. The van der Waals surface area contributed by atoms with E-state index in [2.05, 4.69) is 5.32 Å². The topological polar surface area (TPSA) is 51.1 Å². The van der Waals surface area contributed by atoms with E-state index in [1.807, 2.05) is 32.0 Å². The van der Waals surface area contributed by atoms with Gasteiger partial charge in [-0.05, 0) is 43.7 Å². The van der Waals surface area contributed by atoms with Crippen molar-refractivity contribution in [3.05, 3.63) is 62.3 Å². The number of benzene rings is 1. The van der Waals surface area contributed by atoms with Gasteiger partial charge < -0.3 is 9.88 Å². The molecule has 0 aliphatic heterocycles. The van der Waals surface area contributed by atoms with Gasteiger partial charge in [0.2, 0.25) is 5.91 Å². The van der Waals surface area contributed by atoms with Crippen LogP contribution in [-0.4, -0.2) is 10.5 Å². The van der Waals surface area contributed by atoms with Gasteiger partial charge in [0.25, 0.3) is 5.56 Å². The third-order valence-corrected chi connectivity index (χ3v) is 4.82. The van der Waals surface area contributed by atoms with E-state index in [9.17, 15) is 9.59 Å². The van der Waals surface area contributed by atoms with Crippen LogP contribution < -0.4 is 10.9 Å². The quantitative estimate of drug-likeness (QED) is 0.780. The lowest BCUT2D eigenvalue weighted by Crippen LogP contribution is -2.27. The van der Waals surface area contributed by atoms with Crippen LogP contribution in [-0.2, 0) is 11.3 Å². The van der Waals surface area contributed by atoms with Gasteiger partial charge in [0.1, 0.15) is 6.54 Å². The number of anilines is 1. The minimum atomic E-state index is -0.288. The minimum Gasteiger partial charge on any atom is -0.323 e. The molecular weight excluding hydrogens is 332 g/mol. The molecule has 0 unspecified atom stereocenters. The molecule has 0 aliphatic carbocycles. The Kier molecular flexibility index (Phi) is 4.24. The Morgan fingerprint density at radius 1 is 1.26 bits per heavy atom. The molecule has 0 saturated heterocycles. The number of aryl methyl sites for hydroxylation is 2. The number of carbonyl (C=O) groups excluding carboxylic acids is 1. The first-order chi connectivity index (χ1) is 10.9. The maximum atomic E-state index is 12.4. The van der Waals surface area contributed by atoms with Gasteiger partial charge in [-0.3, -0.25) is 9.59 Å². The zero-order valence-electron chi connectivity index (χ0n) is 12.7. The second-order valence-corrected chi connectivity index (χ2v) is 7.11. The zero-order valence-corrected chi connectivity index (χ0v) is 14.3. The number of amides is 1. The van der Waals surface area contributed by atoms with E-state index in [-0.39, 0.29) is 18.0 Å². The van der Waals surface area contributed by atoms with Crippen molar-refractivity contribution in [2.45, 2.75) is 20.4 Å². The third kappa shape index (κ3) is 3.30. The first-order valence-electron chi connectivity index (χ1n) is 7.09. The molecular formula is C17H15ClN2O2S. The molecule has 2 heterocycles. The van der Waals surface area contributed by atoms with Crippen LogP contribution in [0.1, 0.15) is 10.4 Å². The molecule has 1 amide bonds. The lowest BCUT2D eigenvalue weighted by molar-refractivity contribution is -0.116. The number of pyridine rings is 1. The van der Waals surface area contributed by atoms with Gasteiger partial charge in [0.05, 0.1) is 16.1 Å². The molecule has 3 rings (SSSR count). The Balaban J connectivity index is 1.82. The molecule has 118 valence electrons. The lowest BCUT2D eigenvalue weighted by Gasteiger charge is -2.09. The van der Waals surface area contributed by atoms with Crippen molar-refractivity contribution >= 4 is 44.6 Å². The van der Waals surface area contributed by atoms with Crippen LogP contribution in [0.25, 0.3) is 10.1 Å². The van der Waals surface area contributed by atoms with Gasteiger partial charge >= 0.3 is 0 Å². The van der Waals surface area contributed by atoms with Crippen molar-refractivity contribution in [1.82, 2.24) is 4.57 Å². The summed E-state index contributed by atoms with van der Waals surface area (Å²) in [6.07, 6.45) is 1.65. The van der Waals surface area contributed by atoms with E-state index in [1.165, 1.54) is 4.57 Å². The van der Waals surface area contributed by atoms with Crippen molar-refractivity contribution in [1.29, 1.82) is 0 Å². The summed E-state index contributed by atoms with van der Waals surface area (Å²) in [7, 11) is 0. The monoisotopic (exact) mass is 346 g/mol. The zero-order chi connectivity index (χ0) is 16.6. The smallest absolute Gasteiger partial charge is 0.259 e. The van der Waals surface area contributed by atoms with Crippen molar-refractivity contribution in [3.63, 3.8) is 0 Å². The van der Waals surface area contributed by atoms with E-state index in [4.69, 9.17) is 11.6 Å². The van der Waals surface area contributed by atoms with E-state index in [1.54, 1.807) is 29.7 Å². The Morgan fingerprint density at radius 3 is 2.78 bits per heavy atom. The summed E-state index contributed by atoms with van der Waals surface area (Å²) in [5.74, 6) is -0.288. The number of fused-ring (bicyclic) bond motifs is 1. The summed E-state index contributed by atoms with van der Waals surface area (Å²) in [5.41, 5.74) is 1.40. The summed E-state index contributed by atoms with van der Waals surface area (Å²) in [4.78, 5) is 25.7. The molecule has 4 nitrogen and oxygen atoms in total. The molecule has 0 aliphatic rings. The maximum absolute atomic E-state index is 12.4. The van der Waals surface area contributed by atoms with Gasteiger partial charge in [0, 0.05) is 15.8 Å². The number of aromatic nitrogens is 1. The van der Waals surface area contributed by atoms with Gasteiger partial charge in [-0.25, -0.2) is 0 Å². The number of rotatable bonds is 3. The van der Waals surface area contributed by atoms with Crippen molar-refractivity contribution in [2.24, 2.45) is 0 Å². The number of nitrogens with one attached hydrogen (secondary N) is 1. The SMILES string of the molecule is Cc1ccc(NC(=O)Cn2ccc3sc(C)cc3c2=O)c(Cl)c1. The molecule has 0 radical (unpaired) electrons. The fourth-order valence-corrected chi connectivity index (χ4v) is 3.58. The second-order valence-electron chi connectivity index (χ2n) is 5.42.